The number of nitrogens with zero attached hydrogens (tertiary/aromatic N) is 4. The van der Waals surface area contributed by atoms with E-state index >= 15 is 0 Å². The number of halogens is 1. The van der Waals surface area contributed by atoms with Gasteiger partial charge in [0.05, 0.1) is 48.5 Å². The summed E-state index contributed by atoms with van der Waals surface area (Å²) in [5.74, 6) is 0.640. The van der Waals surface area contributed by atoms with Gasteiger partial charge in [0.15, 0.2) is 15.7 Å². The Bertz CT molecular complexity index is 1380. The first kappa shape index (κ1) is 31.9. The van der Waals surface area contributed by atoms with E-state index in [4.69, 9.17) is 26.8 Å². The predicted octanol–water partition coefficient (Wildman–Crippen LogP) is 3.91. The van der Waals surface area contributed by atoms with Crippen molar-refractivity contribution in [3.05, 3.63) is 59.8 Å². The van der Waals surface area contributed by atoms with Crippen molar-refractivity contribution in [3.8, 4) is 0 Å². The second kappa shape index (κ2) is 15.5. The topological polar surface area (TPSA) is 135 Å². The molecule has 13 heteroatoms. The van der Waals surface area contributed by atoms with Crippen molar-refractivity contribution in [2.45, 2.75) is 24.0 Å². The Kier molecular flexibility index (Phi) is 11.8. The van der Waals surface area contributed by atoms with Crippen LogP contribution in [0.4, 0.5) is 28.8 Å². The summed E-state index contributed by atoms with van der Waals surface area (Å²) in [6.45, 7) is 11.0. The summed E-state index contributed by atoms with van der Waals surface area (Å²) in [4.78, 5) is 13.8. The van der Waals surface area contributed by atoms with E-state index in [0.717, 1.165) is 44.1 Å². The van der Waals surface area contributed by atoms with Gasteiger partial charge in [-0.3, -0.25) is 4.90 Å². The Balaban J connectivity index is 1.30. The summed E-state index contributed by atoms with van der Waals surface area (Å²) in [7, 11) is -3.51. The number of hydrogen-bond donors (Lipinski definition) is 3. The average molecular weight is 618 g/mol. The van der Waals surface area contributed by atoms with Gasteiger partial charge in [-0.15, -0.1) is 0 Å². The van der Waals surface area contributed by atoms with Gasteiger partial charge in [0.25, 0.3) is 0 Å². The highest BCUT2D eigenvalue weighted by Crippen LogP contribution is 2.30. The molecule has 0 saturated carbocycles. The van der Waals surface area contributed by atoms with E-state index in [1.54, 1.807) is 38.1 Å². The number of sulfone groups is 1. The largest absolute Gasteiger partial charge is 0.378 e. The molecule has 1 aliphatic rings. The van der Waals surface area contributed by atoms with Gasteiger partial charge in [0, 0.05) is 50.6 Å². The van der Waals surface area contributed by atoms with Crippen molar-refractivity contribution in [2.75, 3.05) is 81.2 Å². The summed E-state index contributed by atoms with van der Waals surface area (Å²) in [6.07, 6.45) is 1.48. The highest BCUT2D eigenvalue weighted by Gasteiger charge is 2.23. The number of para-hydroxylation sites is 1. The summed E-state index contributed by atoms with van der Waals surface area (Å²) in [6, 6.07) is 14.8. The lowest BCUT2D eigenvalue weighted by Crippen LogP contribution is -2.47. The van der Waals surface area contributed by atoms with Gasteiger partial charge >= 0.3 is 0 Å². The zero-order chi connectivity index (χ0) is 30.0. The fraction of sp³-hybridized carbons (Fsp3) is 0.448. The fourth-order valence-electron chi connectivity index (χ4n) is 4.43. The quantitative estimate of drug-likeness (QED) is 0.214. The van der Waals surface area contributed by atoms with Crippen LogP contribution in [0.5, 0.6) is 0 Å². The van der Waals surface area contributed by atoms with Crippen molar-refractivity contribution in [1.29, 1.82) is 0 Å². The Hall–Kier alpha value is -3.00. The Morgan fingerprint density at radius 1 is 0.952 bits per heavy atom. The van der Waals surface area contributed by atoms with Crippen LogP contribution in [0.15, 0.2) is 59.6 Å². The minimum Gasteiger partial charge on any atom is -0.378 e. The van der Waals surface area contributed by atoms with E-state index in [9.17, 15) is 8.42 Å². The van der Waals surface area contributed by atoms with E-state index in [1.807, 2.05) is 12.1 Å². The van der Waals surface area contributed by atoms with Crippen LogP contribution in [0.25, 0.3) is 0 Å². The van der Waals surface area contributed by atoms with E-state index in [1.165, 1.54) is 6.20 Å². The smallest absolute Gasteiger partial charge is 0.229 e. The van der Waals surface area contributed by atoms with Gasteiger partial charge < -0.3 is 30.7 Å². The molecule has 0 atom stereocenters. The predicted molar refractivity (Wildman–Crippen MR) is 168 cm³/mol. The molecule has 0 aliphatic carbocycles. The molecule has 1 saturated heterocycles. The Labute approximate surface area is 253 Å². The standard InChI is InChI=1S/C29H40ClN7O4S/c1-22(2)42(38,39)27-6-4-3-5-26(27)34-28-25(30)21-32-29(35-28)33-23-7-9-24(10-8-23)37-14-12-36(13-15-37)16-18-41-20-19-40-17-11-31/h3-10,21-22H,11-20,31H2,1-2H3,(H2,32,33,34,35). The number of rotatable bonds is 15. The van der Waals surface area contributed by atoms with Crippen molar-refractivity contribution in [2.24, 2.45) is 5.73 Å². The van der Waals surface area contributed by atoms with Crippen LogP contribution in [-0.2, 0) is 19.3 Å². The molecule has 4 rings (SSSR count). The Morgan fingerprint density at radius 2 is 1.64 bits per heavy atom. The maximum Gasteiger partial charge on any atom is 0.229 e. The molecule has 0 spiro atoms. The number of hydrogen-bond acceptors (Lipinski definition) is 11. The van der Waals surface area contributed by atoms with E-state index < -0.39 is 15.1 Å². The molecular formula is C29H40ClN7O4S. The molecule has 2 heterocycles. The highest BCUT2D eigenvalue weighted by molar-refractivity contribution is 7.92. The van der Waals surface area contributed by atoms with Crippen LogP contribution in [0, 0.1) is 0 Å². The minimum absolute atomic E-state index is 0.193. The molecule has 0 radical (unpaired) electrons. The van der Waals surface area contributed by atoms with Gasteiger partial charge in [-0.25, -0.2) is 13.4 Å². The number of anilines is 5. The van der Waals surface area contributed by atoms with Crippen LogP contribution in [0.1, 0.15) is 13.8 Å². The second-order valence-corrected chi connectivity index (χ2v) is 13.0. The fourth-order valence-corrected chi connectivity index (χ4v) is 5.77. The van der Waals surface area contributed by atoms with Crippen LogP contribution < -0.4 is 21.3 Å². The lowest BCUT2D eigenvalue weighted by molar-refractivity contribution is 0.0405. The molecule has 11 nitrogen and oxygen atoms in total. The Morgan fingerprint density at radius 3 is 2.33 bits per heavy atom. The zero-order valence-corrected chi connectivity index (χ0v) is 25.7. The van der Waals surface area contributed by atoms with Crippen LogP contribution in [-0.4, -0.2) is 94.2 Å². The van der Waals surface area contributed by atoms with Gasteiger partial charge in [0.2, 0.25) is 5.95 Å². The van der Waals surface area contributed by atoms with Gasteiger partial charge in [-0.2, -0.15) is 4.98 Å². The van der Waals surface area contributed by atoms with Crippen LogP contribution >= 0.6 is 11.6 Å². The number of nitrogens with two attached hydrogens (primary N) is 1. The summed E-state index contributed by atoms with van der Waals surface area (Å²) >= 11 is 6.36. The first-order valence-electron chi connectivity index (χ1n) is 14.1. The van der Waals surface area contributed by atoms with Crippen molar-refractivity contribution in [1.82, 2.24) is 14.9 Å². The molecule has 0 unspecified atom stereocenters. The molecule has 228 valence electrons. The summed E-state index contributed by atoms with van der Waals surface area (Å²) in [5, 5.41) is 5.99. The molecule has 0 bridgehead atoms. The maximum atomic E-state index is 12.8. The SMILES string of the molecule is CC(C)S(=O)(=O)c1ccccc1Nc1nc(Nc2ccc(N3CCN(CCOCCOCCN)CC3)cc2)ncc1Cl. The molecule has 4 N–H and O–H groups in total. The average Bonchev–Trinajstić information content (AvgIpc) is 2.99. The molecule has 1 aromatic heterocycles. The van der Waals surface area contributed by atoms with Crippen molar-refractivity contribution >= 4 is 50.3 Å². The minimum atomic E-state index is -3.51. The van der Waals surface area contributed by atoms with Crippen LogP contribution in [0.3, 0.4) is 0 Å². The van der Waals surface area contributed by atoms with Gasteiger partial charge in [0.1, 0.15) is 5.02 Å². The third-order valence-electron chi connectivity index (χ3n) is 6.86. The monoisotopic (exact) mass is 617 g/mol. The van der Waals surface area contributed by atoms with Gasteiger partial charge in [-0.1, -0.05) is 23.7 Å². The normalized spacial score (nSPS) is 14.4. The molecule has 0 amide bonds. The summed E-state index contributed by atoms with van der Waals surface area (Å²) in [5.41, 5.74) is 7.78. The zero-order valence-electron chi connectivity index (χ0n) is 24.1. The molecule has 3 aromatic rings. The maximum absolute atomic E-state index is 12.8. The number of ether oxygens (including phenoxy) is 2. The van der Waals surface area contributed by atoms with E-state index in [2.05, 4.69) is 42.5 Å². The molecule has 42 heavy (non-hydrogen) atoms. The van der Waals surface area contributed by atoms with Crippen LogP contribution in [0.2, 0.25) is 5.02 Å². The number of nitrogens with one attached hydrogen (secondary N) is 2. The van der Waals surface area contributed by atoms with Crippen molar-refractivity contribution in [3.63, 3.8) is 0 Å². The van der Waals surface area contributed by atoms with Gasteiger partial charge in [-0.05, 0) is 50.2 Å². The second-order valence-electron chi connectivity index (χ2n) is 10.1. The van der Waals surface area contributed by atoms with Crippen molar-refractivity contribution < 1.29 is 17.9 Å². The number of aromatic nitrogens is 2. The van der Waals surface area contributed by atoms with E-state index in [-0.39, 0.29) is 9.92 Å². The third kappa shape index (κ3) is 8.76. The molecular weight excluding hydrogens is 578 g/mol. The van der Waals surface area contributed by atoms with E-state index in [0.29, 0.717) is 50.4 Å². The first-order chi connectivity index (χ1) is 20.3. The lowest BCUT2D eigenvalue weighted by Gasteiger charge is -2.36. The molecule has 2 aromatic carbocycles. The number of benzene rings is 2. The number of piperazine rings is 1. The molecule has 1 fully saturated rings. The molecule has 1 aliphatic heterocycles. The summed E-state index contributed by atoms with van der Waals surface area (Å²) < 4.78 is 36.7. The lowest BCUT2D eigenvalue weighted by atomic mass is 10.2. The first-order valence-corrected chi connectivity index (χ1v) is 16.0. The highest BCUT2D eigenvalue weighted by atomic mass is 35.5. The third-order valence-corrected chi connectivity index (χ3v) is 9.35.